The number of nitrogens with two attached hydrogens (primary N) is 1. The van der Waals surface area contributed by atoms with Crippen molar-refractivity contribution in [3.63, 3.8) is 0 Å². The molecule has 0 saturated heterocycles. The summed E-state index contributed by atoms with van der Waals surface area (Å²) in [5, 5.41) is 0. The van der Waals surface area contributed by atoms with Crippen LogP contribution in [0.15, 0.2) is 30.5 Å². The molecule has 0 unspecified atom stereocenters. The van der Waals surface area contributed by atoms with Crippen molar-refractivity contribution in [3.8, 4) is 17.3 Å². The zero-order chi connectivity index (χ0) is 12.3. The van der Waals surface area contributed by atoms with Crippen LogP contribution < -0.4 is 10.5 Å². The second-order valence-electron chi connectivity index (χ2n) is 3.44. The lowest BCUT2D eigenvalue weighted by molar-refractivity contribution is 0.396. The Morgan fingerprint density at radius 3 is 2.61 bits per heavy atom. The summed E-state index contributed by atoms with van der Waals surface area (Å²) >= 11 is 0. The summed E-state index contributed by atoms with van der Waals surface area (Å²) in [7, 11) is 1.48. The first kappa shape index (κ1) is 14.3. The van der Waals surface area contributed by atoms with Crippen molar-refractivity contribution >= 4 is 12.4 Å². The van der Waals surface area contributed by atoms with Crippen molar-refractivity contribution in [3.05, 3.63) is 41.8 Å². The molecule has 0 spiro atoms. The summed E-state index contributed by atoms with van der Waals surface area (Å²) in [6.45, 7) is 0.404. The van der Waals surface area contributed by atoms with Crippen molar-refractivity contribution in [1.82, 2.24) is 9.97 Å². The first-order chi connectivity index (χ1) is 8.24. The molecule has 0 fully saturated rings. The van der Waals surface area contributed by atoms with E-state index in [-0.39, 0.29) is 18.1 Å². The van der Waals surface area contributed by atoms with Gasteiger partial charge in [-0.25, -0.2) is 9.37 Å². The average Bonchev–Trinajstić information content (AvgIpc) is 2.39. The summed E-state index contributed by atoms with van der Waals surface area (Å²) in [5.74, 6) is -0.0788. The molecular formula is C12H13ClFN3O. The van der Waals surface area contributed by atoms with Crippen LogP contribution >= 0.6 is 12.4 Å². The van der Waals surface area contributed by atoms with E-state index < -0.39 is 5.82 Å². The fourth-order valence-corrected chi connectivity index (χ4v) is 1.40. The largest absolute Gasteiger partial charge is 0.481 e. The monoisotopic (exact) mass is 269 g/mol. The van der Waals surface area contributed by atoms with Crippen molar-refractivity contribution in [2.45, 2.75) is 6.54 Å². The number of methoxy groups -OCH3 is 1. The van der Waals surface area contributed by atoms with Crippen LogP contribution in [0.25, 0.3) is 11.4 Å². The molecule has 0 aliphatic carbocycles. The molecule has 96 valence electrons. The maximum absolute atomic E-state index is 13.6. The van der Waals surface area contributed by atoms with Gasteiger partial charge in [-0.2, -0.15) is 0 Å². The first-order valence-corrected chi connectivity index (χ1v) is 5.10. The van der Waals surface area contributed by atoms with E-state index in [4.69, 9.17) is 10.5 Å². The molecule has 2 aromatic heterocycles. The number of aromatic nitrogens is 2. The van der Waals surface area contributed by atoms with Crippen LogP contribution in [0.2, 0.25) is 0 Å². The topological polar surface area (TPSA) is 61.0 Å². The molecule has 0 saturated carbocycles. The highest BCUT2D eigenvalue weighted by atomic mass is 35.5. The smallest absolute Gasteiger partial charge is 0.213 e. The standard InChI is InChI=1S/C12H12FN3O.ClH/c1-17-11-5-3-9(13)12(16-11)10-4-2-8(6-14)7-15-10;/h2-5,7H,6,14H2,1H3;1H. The van der Waals surface area contributed by atoms with Gasteiger partial charge >= 0.3 is 0 Å². The molecule has 0 atom stereocenters. The van der Waals surface area contributed by atoms with Crippen molar-refractivity contribution in [1.29, 1.82) is 0 Å². The average molecular weight is 270 g/mol. The zero-order valence-corrected chi connectivity index (χ0v) is 10.6. The van der Waals surface area contributed by atoms with Gasteiger partial charge in [0.1, 0.15) is 5.69 Å². The first-order valence-electron chi connectivity index (χ1n) is 5.10. The lowest BCUT2D eigenvalue weighted by Crippen LogP contribution is -1.99. The van der Waals surface area contributed by atoms with Crippen LogP contribution in [0.4, 0.5) is 4.39 Å². The molecule has 6 heteroatoms. The maximum Gasteiger partial charge on any atom is 0.213 e. The summed E-state index contributed by atoms with van der Waals surface area (Å²) in [4.78, 5) is 8.14. The summed E-state index contributed by atoms with van der Waals surface area (Å²) in [6, 6.07) is 6.25. The molecule has 0 bridgehead atoms. The fourth-order valence-electron chi connectivity index (χ4n) is 1.40. The van der Waals surface area contributed by atoms with E-state index >= 15 is 0 Å². The number of ether oxygens (including phenoxy) is 1. The van der Waals surface area contributed by atoms with Gasteiger partial charge in [0.25, 0.3) is 0 Å². The summed E-state index contributed by atoms with van der Waals surface area (Å²) in [6.07, 6.45) is 1.61. The van der Waals surface area contributed by atoms with Crippen LogP contribution in [-0.2, 0) is 6.54 Å². The number of hydrogen-bond acceptors (Lipinski definition) is 4. The quantitative estimate of drug-likeness (QED) is 0.928. The number of nitrogens with zero attached hydrogens (tertiary/aromatic N) is 2. The third kappa shape index (κ3) is 2.94. The highest BCUT2D eigenvalue weighted by Crippen LogP contribution is 2.21. The van der Waals surface area contributed by atoms with Gasteiger partial charge in [-0.15, -0.1) is 12.4 Å². The number of hydrogen-bond donors (Lipinski definition) is 1. The van der Waals surface area contributed by atoms with E-state index in [0.29, 0.717) is 18.1 Å². The lowest BCUT2D eigenvalue weighted by atomic mass is 10.2. The SMILES string of the molecule is COc1ccc(F)c(-c2ccc(CN)cn2)n1.Cl. The molecule has 2 heterocycles. The van der Waals surface area contributed by atoms with Gasteiger partial charge in [0.05, 0.1) is 12.8 Å². The Morgan fingerprint density at radius 1 is 1.28 bits per heavy atom. The van der Waals surface area contributed by atoms with Crippen molar-refractivity contribution < 1.29 is 9.13 Å². The minimum atomic E-state index is -0.432. The Morgan fingerprint density at radius 2 is 2.06 bits per heavy atom. The van der Waals surface area contributed by atoms with E-state index in [1.165, 1.54) is 19.2 Å². The van der Waals surface area contributed by atoms with Crippen molar-refractivity contribution in [2.75, 3.05) is 7.11 Å². The van der Waals surface area contributed by atoms with Gasteiger partial charge in [-0.3, -0.25) is 4.98 Å². The third-order valence-corrected chi connectivity index (χ3v) is 2.33. The van der Waals surface area contributed by atoms with Gasteiger partial charge in [-0.05, 0) is 17.7 Å². The van der Waals surface area contributed by atoms with E-state index in [9.17, 15) is 4.39 Å². The molecule has 0 aromatic carbocycles. The molecule has 0 amide bonds. The van der Waals surface area contributed by atoms with E-state index in [1.54, 1.807) is 18.3 Å². The fraction of sp³-hybridized carbons (Fsp3) is 0.167. The lowest BCUT2D eigenvalue weighted by Gasteiger charge is -2.05. The number of halogens is 2. The van der Waals surface area contributed by atoms with Crippen molar-refractivity contribution in [2.24, 2.45) is 5.73 Å². The normalized spacial score (nSPS) is 9.72. The van der Waals surface area contributed by atoms with Gasteiger partial charge in [-0.1, -0.05) is 6.07 Å². The molecular weight excluding hydrogens is 257 g/mol. The Balaban J connectivity index is 0.00000162. The zero-order valence-electron chi connectivity index (χ0n) is 9.76. The van der Waals surface area contributed by atoms with E-state index in [1.807, 2.05) is 0 Å². The molecule has 0 aliphatic heterocycles. The highest BCUT2D eigenvalue weighted by molar-refractivity contribution is 5.85. The molecule has 2 rings (SSSR count). The molecule has 4 nitrogen and oxygen atoms in total. The second kappa shape index (κ2) is 6.28. The van der Waals surface area contributed by atoms with Gasteiger partial charge < -0.3 is 10.5 Å². The molecule has 2 aromatic rings. The Labute approximate surface area is 110 Å². The summed E-state index contributed by atoms with van der Waals surface area (Å²) < 4.78 is 18.5. The predicted molar refractivity (Wildman–Crippen MR) is 69.1 cm³/mol. The van der Waals surface area contributed by atoms with Crippen LogP contribution in [-0.4, -0.2) is 17.1 Å². The Hall–Kier alpha value is -1.72. The Kier molecular flexibility index (Phi) is 5.00. The molecule has 0 aliphatic rings. The highest BCUT2D eigenvalue weighted by Gasteiger charge is 2.09. The van der Waals surface area contributed by atoms with E-state index in [0.717, 1.165) is 5.56 Å². The van der Waals surface area contributed by atoms with Gasteiger partial charge in [0.2, 0.25) is 5.88 Å². The molecule has 2 N–H and O–H groups in total. The predicted octanol–water partition coefficient (Wildman–Crippen LogP) is 2.17. The Bertz CT molecular complexity index is 519. The van der Waals surface area contributed by atoms with Crippen LogP contribution in [0, 0.1) is 5.82 Å². The second-order valence-corrected chi connectivity index (χ2v) is 3.44. The maximum atomic E-state index is 13.6. The van der Waals surface area contributed by atoms with Gasteiger partial charge in [0, 0.05) is 18.8 Å². The van der Waals surface area contributed by atoms with Gasteiger partial charge in [0.15, 0.2) is 5.82 Å². The summed E-state index contributed by atoms with van der Waals surface area (Å²) in [5.41, 5.74) is 6.98. The van der Waals surface area contributed by atoms with Crippen LogP contribution in [0.1, 0.15) is 5.56 Å². The molecule has 0 radical (unpaired) electrons. The minimum absolute atomic E-state index is 0. The van der Waals surface area contributed by atoms with Crippen LogP contribution in [0.5, 0.6) is 5.88 Å². The number of pyridine rings is 2. The van der Waals surface area contributed by atoms with E-state index in [2.05, 4.69) is 9.97 Å². The third-order valence-electron chi connectivity index (χ3n) is 2.33. The van der Waals surface area contributed by atoms with Crippen LogP contribution in [0.3, 0.4) is 0 Å². The minimum Gasteiger partial charge on any atom is -0.481 e. The number of rotatable bonds is 3. The molecule has 18 heavy (non-hydrogen) atoms.